The number of fused-ring (bicyclic) bond motifs is 1. The number of allylic oxidation sites excluding steroid dienone is 1. The van der Waals surface area contributed by atoms with E-state index in [0.717, 1.165) is 26.8 Å². The standard InChI is InChI=1S/C19H18N6O5S3.Na/c1-8-11(33-7-21-8)4-3-9-5-31-17-13(16(27)25(17)14(9)18(28)29)23-15(26)12(24-30-2)10-6-32-19(20)22-10;/h3-4,6-7,13,17H,5H2,1-2H3,(H2,20,22)(H,23,26)(H,28,29);/q;+1/p-1/b4-3-,24-12-;/t13-,17-;/m0./s1/i2D3;. The minimum Gasteiger partial charge on any atom is -0.543 e. The van der Waals surface area contributed by atoms with Crippen molar-refractivity contribution in [2.45, 2.75) is 18.3 Å². The number of aliphatic carboxylic acids is 1. The second kappa shape index (κ2) is 11.0. The third-order valence-electron chi connectivity index (χ3n) is 4.81. The van der Waals surface area contributed by atoms with Crippen LogP contribution in [-0.4, -0.2) is 62.6 Å². The molecule has 4 rings (SSSR count). The van der Waals surface area contributed by atoms with E-state index in [2.05, 4.69) is 25.3 Å². The maximum Gasteiger partial charge on any atom is 1.00 e. The van der Waals surface area contributed by atoms with Gasteiger partial charge in [-0.3, -0.25) is 14.5 Å². The number of rotatable bonds is 7. The predicted molar refractivity (Wildman–Crippen MR) is 123 cm³/mol. The Hall–Kier alpha value is -2.23. The summed E-state index contributed by atoms with van der Waals surface area (Å²) in [6.45, 7) is 1.82. The fourth-order valence-corrected chi connectivity index (χ4v) is 5.82. The Kier molecular flexibility index (Phi) is 7.20. The molecule has 2 atom stereocenters. The number of nitrogens with zero attached hydrogens (tertiary/aromatic N) is 4. The van der Waals surface area contributed by atoms with Crippen molar-refractivity contribution >= 4 is 69.1 Å². The Morgan fingerprint density at radius 3 is 2.85 bits per heavy atom. The number of hydrogen-bond acceptors (Lipinski definition) is 12. The van der Waals surface area contributed by atoms with Gasteiger partial charge in [0.2, 0.25) is 0 Å². The Balaban J connectivity index is 0.00000380. The predicted octanol–water partition coefficient (Wildman–Crippen LogP) is -3.04. The number of carbonyl (C=O) groups is 3. The molecule has 2 aromatic rings. The van der Waals surface area contributed by atoms with E-state index in [1.165, 1.54) is 28.5 Å². The van der Waals surface area contributed by atoms with Crippen LogP contribution >= 0.6 is 34.4 Å². The maximum absolute atomic E-state index is 12.9. The first kappa shape index (κ1) is 22.2. The van der Waals surface area contributed by atoms with Gasteiger partial charge >= 0.3 is 29.6 Å². The largest absolute Gasteiger partial charge is 1.00 e. The van der Waals surface area contributed by atoms with Crippen LogP contribution in [0.25, 0.3) is 6.08 Å². The minimum absolute atomic E-state index is 0. The van der Waals surface area contributed by atoms with Crippen LogP contribution in [0.3, 0.4) is 0 Å². The molecule has 15 heteroatoms. The van der Waals surface area contributed by atoms with Crippen LogP contribution in [0.5, 0.6) is 0 Å². The van der Waals surface area contributed by atoms with Gasteiger partial charge < -0.3 is 25.8 Å². The SMILES string of the molecule is [2H]C([2H])([2H])O/N=C(\C(=O)N[C@H]1C(=O)N2C(C(=O)[O-])=C(/C=C\c3scnc3C)CS[C@@H]12)c1csc(N)n1.[Na+]. The smallest absolute Gasteiger partial charge is 0.543 e. The average Bonchev–Trinajstić information content (AvgIpc) is 3.42. The number of oxime groups is 1. The second-order valence-electron chi connectivity index (χ2n) is 6.76. The van der Waals surface area contributed by atoms with Crippen molar-refractivity contribution < 1.29 is 58.0 Å². The summed E-state index contributed by atoms with van der Waals surface area (Å²) in [6, 6.07) is -1.10. The molecule has 11 nitrogen and oxygen atoms in total. The van der Waals surface area contributed by atoms with E-state index in [-0.39, 0.29) is 51.8 Å². The van der Waals surface area contributed by atoms with Crippen LogP contribution < -0.4 is 45.7 Å². The summed E-state index contributed by atoms with van der Waals surface area (Å²) in [5.74, 6) is -2.89. The number of β-lactam (4-membered cyclic amide) rings is 1. The summed E-state index contributed by atoms with van der Waals surface area (Å²) in [4.78, 5) is 52.1. The van der Waals surface area contributed by atoms with Crippen LogP contribution in [0, 0.1) is 6.92 Å². The van der Waals surface area contributed by atoms with E-state index in [1.54, 1.807) is 17.7 Å². The number of aromatic nitrogens is 2. The summed E-state index contributed by atoms with van der Waals surface area (Å²) < 4.78 is 21.4. The average molecular weight is 532 g/mol. The number of nitrogen functional groups attached to an aromatic ring is 1. The van der Waals surface area contributed by atoms with Crippen molar-refractivity contribution in [3.8, 4) is 0 Å². The van der Waals surface area contributed by atoms with Gasteiger partial charge in [-0.2, -0.15) is 0 Å². The monoisotopic (exact) mass is 531 g/mol. The summed E-state index contributed by atoms with van der Waals surface area (Å²) in [6.07, 6.45) is 3.33. The molecule has 34 heavy (non-hydrogen) atoms. The Labute approximate surface area is 232 Å². The van der Waals surface area contributed by atoms with Gasteiger partial charge in [0.05, 0.1) is 27.0 Å². The molecule has 0 radical (unpaired) electrons. The first-order chi connectivity index (χ1) is 17.0. The van der Waals surface area contributed by atoms with Crippen molar-refractivity contribution in [2.75, 3.05) is 18.5 Å². The van der Waals surface area contributed by atoms with Crippen LogP contribution in [0.4, 0.5) is 5.13 Å². The van der Waals surface area contributed by atoms with Crippen LogP contribution in [0.2, 0.25) is 0 Å². The molecule has 0 aliphatic carbocycles. The molecule has 0 saturated carbocycles. The van der Waals surface area contributed by atoms with Gasteiger partial charge in [0.1, 0.15) is 24.1 Å². The first-order valence-electron chi connectivity index (χ1n) is 10.7. The number of amides is 2. The van der Waals surface area contributed by atoms with Gasteiger partial charge in [-0.1, -0.05) is 11.2 Å². The van der Waals surface area contributed by atoms with E-state index in [1.807, 2.05) is 6.92 Å². The molecule has 2 aromatic heterocycles. The Morgan fingerprint density at radius 2 is 2.24 bits per heavy atom. The molecule has 1 fully saturated rings. The third kappa shape index (κ3) is 5.06. The number of anilines is 1. The molecule has 1 saturated heterocycles. The number of hydrogen-bond donors (Lipinski definition) is 2. The molecule has 2 aliphatic rings. The number of nitrogens with one attached hydrogen (secondary N) is 1. The van der Waals surface area contributed by atoms with Gasteiger partial charge in [-0.05, 0) is 18.6 Å². The summed E-state index contributed by atoms with van der Waals surface area (Å²) in [7, 11) is -2.93. The quantitative estimate of drug-likeness (QED) is 0.164. The molecule has 0 unspecified atom stereocenters. The number of thiazole rings is 2. The normalized spacial score (nSPS) is 21.7. The molecular formula is C19H17N6NaO5S3. The topological polar surface area (TPSA) is 163 Å². The fourth-order valence-electron chi connectivity index (χ4n) is 3.26. The molecule has 0 bridgehead atoms. The minimum atomic E-state index is -2.93. The van der Waals surface area contributed by atoms with Gasteiger partial charge in [-0.15, -0.1) is 34.4 Å². The second-order valence-corrected chi connectivity index (χ2v) is 9.64. The molecule has 172 valence electrons. The molecule has 0 spiro atoms. The van der Waals surface area contributed by atoms with Crippen LogP contribution in [0.1, 0.15) is 20.4 Å². The molecule has 3 N–H and O–H groups in total. The van der Waals surface area contributed by atoms with Gasteiger partial charge in [-0.25, -0.2) is 9.97 Å². The van der Waals surface area contributed by atoms with Crippen molar-refractivity contribution in [1.82, 2.24) is 20.2 Å². The van der Waals surface area contributed by atoms with Crippen LogP contribution in [0.15, 0.2) is 33.4 Å². The van der Waals surface area contributed by atoms with Crippen LogP contribution in [-0.2, 0) is 19.2 Å². The Morgan fingerprint density at radius 1 is 1.44 bits per heavy atom. The number of thioether (sulfide) groups is 1. The molecule has 0 aromatic carbocycles. The molecule has 4 heterocycles. The number of carboxylic acid groups (broad SMARTS) is 1. The number of aryl methyl sites for hydroxylation is 1. The summed E-state index contributed by atoms with van der Waals surface area (Å²) in [5.41, 5.74) is 7.62. The fraction of sp³-hybridized carbons (Fsp3) is 0.263. The molecular weight excluding hydrogens is 511 g/mol. The van der Waals surface area contributed by atoms with Crippen molar-refractivity contribution in [2.24, 2.45) is 5.16 Å². The maximum atomic E-state index is 12.9. The van der Waals surface area contributed by atoms with Gasteiger partial charge in [0.25, 0.3) is 11.8 Å². The number of carbonyl (C=O) groups excluding carboxylic acids is 3. The molecule has 2 amide bonds. The Bertz CT molecular complexity index is 1320. The van der Waals surface area contributed by atoms with E-state index in [9.17, 15) is 19.5 Å². The zero-order valence-electron chi connectivity index (χ0n) is 20.8. The summed E-state index contributed by atoms with van der Waals surface area (Å²) in [5, 5.41) is 18.5. The first-order valence-corrected chi connectivity index (χ1v) is 12.0. The van der Waals surface area contributed by atoms with Crippen molar-refractivity contribution in [3.05, 3.63) is 44.5 Å². The summed E-state index contributed by atoms with van der Waals surface area (Å²) >= 11 is 3.63. The van der Waals surface area contributed by atoms with Crippen molar-refractivity contribution in [3.63, 3.8) is 0 Å². The van der Waals surface area contributed by atoms with E-state index >= 15 is 0 Å². The molecule has 2 aliphatic heterocycles. The van der Waals surface area contributed by atoms with E-state index < -0.39 is 41.9 Å². The third-order valence-corrected chi connectivity index (χ3v) is 7.69. The van der Waals surface area contributed by atoms with E-state index in [4.69, 9.17) is 9.85 Å². The van der Waals surface area contributed by atoms with E-state index in [0.29, 0.717) is 5.57 Å². The zero-order valence-corrected chi connectivity index (χ0v) is 22.3. The van der Waals surface area contributed by atoms with Crippen molar-refractivity contribution in [1.29, 1.82) is 0 Å². The zero-order chi connectivity index (χ0) is 26.2. The number of carboxylic acids is 1. The van der Waals surface area contributed by atoms with Gasteiger partial charge in [0.15, 0.2) is 10.8 Å². The van der Waals surface area contributed by atoms with Gasteiger partial charge in [0, 0.05) is 16.0 Å². The number of nitrogens with two attached hydrogens (primary N) is 1.